The summed E-state index contributed by atoms with van der Waals surface area (Å²) in [4.78, 5) is 4.45. The second kappa shape index (κ2) is 5.14. The van der Waals surface area contributed by atoms with Crippen molar-refractivity contribution in [3.8, 4) is 0 Å². The van der Waals surface area contributed by atoms with Gasteiger partial charge in [0.2, 0.25) is 11.7 Å². The van der Waals surface area contributed by atoms with E-state index in [1.807, 2.05) is 6.92 Å². The summed E-state index contributed by atoms with van der Waals surface area (Å²) in [6.07, 6.45) is 2.05. The summed E-state index contributed by atoms with van der Waals surface area (Å²) in [6.45, 7) is 6.99. The molecule has 0 spiro atoms. The summed E-state index contributed by atoms with van der Waals surface area (Å²) in [7, 11) is 0. The molecule has 0 amide bonds. The van der Waals surface area contributed by atoms with Gasteiger partial charge < -0.3 is 15.0 Å². The van der Waals surface area contributed by atoms with Crippen molar-refractivity contribution in [2.45, 2.75) is 51.7 Å². The van der Waals surface area contributed by atoms with E-state index < -0.39 is 0 Å². The van der Waals surface area contributed by atoms with Gasteiger partial charge in [-0.2, -0.15) is 4.98 Å². The topological polar surface area (TPSA) is 74.2 Å². The molecule has 2 rings (SSSR count). The van der Waals surface area contributed by atoms with E-state index in [0.717, 1.165) is 19.4 Å². The number of nitrogens with zero attached hydrogens (tertiary/aromatic N) is 2. The number of hydrogen-bond donors (Lipinski definition) is 1. The molecule has 17 heavy (non-hydrogen) atoms. The first kappa shape index (κ1) is 12.5. The van der Waals surface area contributed by atoms with Crippen LogP contribution in [0.4, 0.5) is 0 Å². The van der Waals surface area contributed by atoms with Crippen molar-refractivity contribution in [1.82, 2.24) is 10.1 Å². The van der Waals surface area contributed by atoms with Gasteiger partial charge in [0, 0.05) is 12.6 Å². The van der Waals surface area contributed by atoms with Crippen molar-refractivity contribution in [3.63, 3.8) is 0 Å². The Kier molecular flexibility index (Phi) is 3.79. The van der Waals surface area contributed by atoms with E-state index in [9.17, 15) is 0 Å². The fraction of sp³-hybridized carbons (Fsp3) is 0.833. The summed E-state index contributed by atoms with van der Waals surface area (Å²) in [5.41, 5.74) is 5.97. The summed E-state index contributed by atoms with van der Waals surface area (Å²) in [6, 6.07) is 0.00722. The predicted octanol–water partition coefficient (Wildman–Crippen LogP) is 2.01. The second-order valence-corrected chi connectivity index (χ2v) is 5.12. The summed E-state index contributed by atoms with van der Waals surface area (Å²) in [5.74, 6) is 1.80. The summed E-state index contributed by atoms with van der Waals surface area (Å²) < 4.78 is 10.9. The van der Waals surface area contributed by atoms with Crippen molar-refractivity contribution < 1.29 is 9.26 Å². The van der Waals surface area contributed by atoms with Gasteiger partial charge in [-0.15, -0.1) is 0 Å². The third-order valence-corrected chi connectivity index (χ3v) is 3.24. The smallest absolute Gasteiger partial charge is 0.231 e. The van der Waals surface area contributed by atoms with E-state index >= 15 is 0 Å². The van der Waals surface area contributed by atoms with Crippen molar-refractivity contribution in [3.05, 3.63) is 11.7 Å². The maximum atomic E-state index is 5.97. The van der Waals surface area contributed by atoms with E-state index in [4.69, 9.17) is 15.0 Å². The Labute approximate surface area is 102 Å². The second-order valence-electron chi connectivity index (χ2n) is 5.12. The third kappa shape index (κ3) is 2.66. The lowest BCUT2D eigenvalue weighted by Crippen LogP contribution is -2.28. The molecule has 1 aromatic heterocycles. The Hall–Kier alpha value is -0.940. The minimum atomic E-state index is 0.00722. The van der Waals surface area contributed by atoms with Crippen LogP contribution in [0.2, 0.25) is 0 Å². The van der Waals surface area contributed by atoms with Crippen molar-refractivity contribution >= 4 is 0 Å². The van der Waals surface area contributed by atoms with E-state index in [0.29, 0.717) is 17.6 Å². The molecule has 1 aliphatic rings. The molecule has 2 heterocycles. The average Bonchev–Trinajstić information content (AvgIpc) is 2.83. The van der Waals surface area contributed by atoms with Gasteiger partial charge in [-0.25, -0.2) is 0 Å². The van der Waals surface area contributed by atoms with Gasteiger partial charge in [-0.05, 0) is 25.7 Å². The maximum Gasteiger partial charge on any atom is 0.231 e. The predicted molar refractivity (Wildman–Crippen MR) is 63.5 cm³/mol. The largest absolute Gasteiger partial charge is 0.370 e. The Morgan fingerprint density at radius 3 is 2.65 bits per heavy atom. The molecule has 3 atom stereocenters. The summed E-state index contributed by atoms with van der Waals surface area (Å²) in [5, 5.41) is 4.02. The molecule has 96 valence electrons. The lowest BCUT2D eigenvalue weighted by molar-refractivity contribution is 0.103. The zero-order valence-corrected chi connectivity index (χ0v) is 10.7. The first-order valence-electron chi connectivity index (χ1n) is 6.30. The van der Waals surface area contributed by atoms with Crippen LogP contribution in [0, 0.1) is 5.92 Å². The van der Waals surface area contributed by atoms with Crippen LogP contribution in [0.5, 0.6) is 0 Å². The molecule has 1 fully saturated rings. The lowest BCUT2D eigenvalue weighted by atomic mass is 9.90. The van der Waals surface area contributed by atoms with Crippen LogP contribution >= 0.6 is 0 Å². The Bertz CT molecular complexity index is 348. The van der Waals surface area contributed by atoms with Crippen LogP contribution in [-0.2, 0) is 4.74 Å². The quantitative estimate of drug-likeness (QED) is 0.870. The number of ether oxygens (including phenoxy) is 1. The SMILES string of the molecule is CC(C)C(c1nc(C2CCCO2)no1)C(C)N. The highest BCUT2D eigenvalue weighted by Gasteiger charge is 2.29. The van der Waals surface area contributed by atoms with Crippen molar-refractivity contribution in [2.75, 3.05) is 6.61 Å². The van der Waals surface area contributed by atoms with Gasteiger partial charge in [0.1, 0.15) is 6.10 Å². The fourth-order valence-electron chi connectivity index (χ4n) is 2.41. The van der Waals surface area contributed by atoms with Crippen LogP contribution in [0.1, 0.15) is 57.3 Å². The fourth-order valence-corrected chi connectivity index (χ4v) is 2.41. The molecule has 1 aliphatic heterocycles. The van der Waals surface area contributed by atoms with E-state index in [-0.39, 0.29) is 18.1 Å². The van der Waals surface area contributed by atoms with E-state index in [1.54, 1.807) is 0 Å². The van der Waals surface area contributed by atoms with E-state index in [2.05, 4.69) is 24.0 Å². The molecule has 0 bridgehead atoms. The molecule has 0 aromatic carbocycles. The van der Waals surface area contributed by atoms with Crippen LogP contribution in [0.25, 0.3) is 0 Å². The minimum absolute atomic E-state index is 0.00722. The zero-order valence-electron chi connectivity index (χ0n) is 10.7. The standard InChI is InChI=1S/C12H21N3O2/c1-7(2)10(8(3)13)12-14-11(15-17-12)9-5-4-6-16-9/h7-10H,4-6,13H2,1-3H3. The molecular weight excluding hydrogens is 218 g/mol. The molecule has 5 nitrogen and oxygen atoms in total. The Morgan fingerprint density at radius 1 is 1.35 bits per heavy atom. The molecule has 1 saturated heterocycles. The number of nitrogens with two attached hydrogens (primary N) is 1. The average molecular weight is 239 g/mol. The number of rotatable bonds is 4. The van der Waals surface area contributed by atoms with Gasteiger partial charge in [-0.1, -0.05) is 19.0 Å². The van der Waals surface area contributed by atoms with Gasteiger partial charge in [0.05, 0.1) is 5.92 Å². The van der Waals surface area contributed by atoms with Crippen LogP contribution < -0.4 is 5.73 Å². The van der Waals surface area contributed by atoms with Gasteiger partial charge in [-0.3, -0.25) is 0 Å². The normalized spacial score (nSPS) is 24.2. The highest BCUT2D eigenvalue weighted by atomic mass is 16.5. The van der Waals surface area contributed by atoms with Gasteiger partial charge in [0.15, 0.2) is 0 Å². The highest BCUT2D eigenvalue weighted by molar-refractivity contribution is 5.01. The van der Waals surface area contributed by atoms with Crippen molar-refractivity contribution in [2.24, 2.45) is 11.7 Å². The van der Waals surface area contributed by atoms with Crippen LogP contribution in [0.3, 0.4) is 0 Å². The molecule has 1 aromatic rings. The lowest BCUT2D eigenvalue weighted by Gasteiger charge is -2.20. The first-order valence-corrected chi connectivity index (χ1v) is 6.30. The maximum absolute atomic E-state index is 5.97. The molecule has 2 N–H and O–H groups in total. The van der Waals surface area contributed by atoms with E-state index in [1.165, 1.54) is 0 Å². The number of hydrogen-bond acceptors (Lipinski definition) is 5. The molecule has 3 unspecified atom stereocenters. The third-order valence-electron chi connectivity index (χ3n) is 3.24. The molecule has 0 aliphatic carbocycles. The Morgan fingerprint density at radius 2 is 2.12 bits per heavy atom. The Balaban J connectivity index is 2.15. The van der Waals surface area contributed by atoms with Crippen molar-refractivity contribution in [1.29, 1.82) is 0 Å². The monoisotopic (exact) mass is 239 g/mol. The van der Waals surface area contributed by atoms with Crippen LogP contribution in [-0.4, -0.2) is 22.8 Å². The zero-order chi connectivity index (χ0) is 12.4. The van der Waals surface area contributed by atoms with Crippen LogP contribution in [0.15, 0.2) is 4.52 Å². The molecular formula is C12H21N3O2. The highest BCUT2D eigenvalue weighted by Crippen LogP contribution is 2.30. The molecule has 0 radical (unpaired) electrons. The molecule has 0 saturated carbocycles. The van der Waals surface area contributed by atoms with Gasteiger partial charge in [0.25, 0.3) is 0 Å². The van der Waals surface area contributed by atoms with Gasteiger partial charge >= 0.3 is 0 Å². The number of aromatic nitrogens is 2. The minimum Gasteiger partial charge on any atom is -0.370 e. The molecule has 5 heteroatoms. The first-order chi connectivity index (χ1) is 8.09. The summed E-state index contributed by atoms with van der Waals surface area (Å²) >= 11 is 0.